The molecule has 10 heavy (non-hydrogen) atoms. The normalized spacial score (nSPS) is 41.2. The van der Waals surface area contributed by atoms with Crippen LogP contribution in [0, 0.1) is 0 Å². The van der Waals surface area contributed by atoms with Gasteiger partial charge in [-0.05, 0) is 13.8 Å². The Labute approximate surface area is 61.8 Å². The number of hydrogen-bond acceptors (Lipinski definition) is 2. The van der Waals surface area contributed by atoms with Crippen molar-refractivity contribution in [3.05, 3.63) is 12.7 Å². The minimum atomic E-state index is -0.0771. The van der Waals surface area contributed by atoms with E-state index in [1.54, 1.807) is 0 Å². The van der Waals surface area contributed by atoms with Crippen LogP contribution in [0.5, 0.6) is 0 Å². The van der Waals surface area contributed by atoms with Crippen LogP contribution < -0.4 is 0 Å². The molecule has 2 nitrogen and oxygen atoms in total. The highest BCUT2D eigenvalue weighted by molar-refractivity contribution is 4.83. The van der Waals surface area contributed by atoms with Gasteiger partial charge < -0.3 is 9.47 Å². The molecule has 1 aliphatic rings. The van der Waals surface area contributed by atoms with Crippen molar-refractivity contribution in [2.24, 2.45) is 0 Å². The van der Waals surface area contributed by atoms with Crippen molar-refractivity contribution < 1.29 is 9.47 Å². The fourth-order valence-electron chi connectivity index (χ4n) is 1.20. The monoisotopic (exact) mass is 142 g/mol. The fourth-order valence-corrected chi connectivity index (χ4v) is 1.20. The first kappa shape index (κ1) is 7.76. The van der Waals surface area contributed by atoms with Crippen molar-refractivity contribution in [3.8, 4) is 0 Å². The molecule has 0 radical (unpaired) electrons. The van der Waals surface area contributed by atoms with Crippen LogP contribution in [-0.2, 0) is 9.47 Å². The van der Waals surface area contributed by atoms with Gasteiger partial charge >= 0.3 is 0 Å². The molecule has 0 N–H and O–H groups in total. The summed E-state index contributed by atoms with van der Waals surface area (Å²) in [7, 11) is 0. The van der Waals surface area contributed by atoms with E-state index in [0.29, 0.717) is 6.10 Å². The molecule has 0 aromatic heterocycles. The maximum absolute atomic E-state index is 5.37. The number of rotatable bonds is 1. The summed E-state index contributed by atoms with van der Waals surface area (Å²) in [5.74, 6) is 0. The lowest BCUT2D eigenvalue weighted by atomic mass is 10.1. The SMILES string of the molecule is C=CC1CC(C)OC(C)O1. The zero-order valence-corrected chi connectivity index (χ0v) is 6.54. The van der Waals surface area contributed by atoms with Crippen molar-refractivity contribution in [2.75, 3.05) is 0 Å². The van der Waals surface area contributed by atoms with Crippen molar-refractivity contribution in [1.29, 1.82) is 0 Å². The predicted molar refractivity (Wildman–Crippen MR) is 39.7 cm³/mol. The molecule has 1 heterocycles. The first-order valence-corrected chi connectivity index (χ1v) is 3.66. The summed E-state index contributed by atoms with van der Waals surface area (Å²) >= 11 is 0. The van der Waals surface area contributed by atoms with Crippen LogP contribution in [0.1, 0.15) is 20.3 Å². The van der Waals surface area contributed by atoms with E-state index in [1.807, 2.05) is 13.0 Å². The minimum absolute atomic E-state index is 0.0771. The summed E-state index contributed by atoms with van der Waals surface area (Å²) in [5, 5.41) is 0. The molecular formula is C8H14O2. The van der Waals surface area contributed by atoms with Gasteiger partial charge in [0.1, 0.15) is 0 Å². The predicted octanol–water partition coefficient (Wildman–Crippen LogP) is 1.71. The highest BCUT2D eigenvalue weighted by Gasteiger charge is 2.21. The van der Waals surface area contributed by atoms with Gasteiger partial charge in [0, 0.05) is 6.42 Å². The molecule has 0 aromatic carbocycles. The van der Waals surface area contributed by atoms with Crippen LogP contribution in [0.15, 0.2) is 12.7 Å². The molecule has 58 valence electrons. The van der Waals surface area contributed by atoms with E-state index in [4.69, 9.17) is 9.47 Å². The molecular weight excluding hydrogens is 128 g/mol. The minimum Gasteiger partial charge on any atom is -0.350 e. The molecule has 1 fully saturated rings. The fraction of sp³-hybridized carbons (Fsp3) is 0.750. The average molecular weight is 142 g/mol. The molecule has 0 bridgehead atoms. The Balaban J connectivity index is 2.42. The number of ether oxygens (including phenoxy) is 2. The van der Waals surface area contributed by atoms with Crippen molar-refractivity contribution >= 4 is 0 Å². The Morgan fingerprint density at radius 1 is 1.40 bits per heavy atom. The Bertz CT molecular complexity index is 112. The molecule has 0 aliphatic carbocycles. The van der Waals surface area contributed by atoms with Crippen LogP contribution in [0.3, 0.4) is 0 Å². The average Bonchev–Trinajstić information content (AvgIpc) is 1.85. The summed E-state index contributed by atoms with van der Waals surface area (Å²) in [6.07, 6.45) is 3.15. The maximum Gasteiger partial charge on any atom is 0.155 e. The van der Waals surface area contributed by atoms with Gasteiger partial charge in [-0.2, -0.15) is 0 Å². The quantitative estimate of drug-likeness (QED) is 0.519. The third-order valence-electron chi connectivity index (χ3n) is 1.62. The molecule has 0 aromatic rings. The molecule has 0 amide bonds. The van der Waals surface area contributed by atoms with Crippen molar-refractivity contribution in [1.82, 2.24) is 0 Å². The van der Waals surface area contributed by atoms with Crippen LogP contribution >= 0.6 is 0 Å². The summed E-state index contributed by atoms with van der Waals surface area (Å²) in [5.41, 5.74) is 0. The standard InChI is InChI=1S/C8H14O2/c1-4-8-5-6(2)9-7(3)10-8/h4,6-8H,1,5H2,2-3H3. The van der Waals surface area contributed by atoms with Crippen LogP contribution in [0.4, 0.5) is 0 Å². The largest absolute Gasteiger partial charge is 0.350 e. The van der Waals surface area contributed by atoms with Gasteiger partial charge in [-0.25, -0.2) is 0 Å². The highest BCUT2D eigenvalue weighted by Crippen LogP contribution is 2.17. The molecule has 2 heteroatoms. The van der Waals surface area contributed by atoms with E-state index >= 15 is 0 Å². The molecule has 0 spiro atoms. The summed E-state index contributed by atoms with van der Waals surface area (Å²) in [6.45, 7) is 7.63. The van der Waals surface area contributed by atoms with Gasteiger partial charge in [-0.1, -0.05) is 6.08 Å². The lowest BCUT2D eigenvalue weighted by Gasteiger charge is -2.30. The van der Waals surface area contributed by atoms with Gasteiger partial charge in [0.2, 0.25) is 0 Å². The zero-order chi connectivity index (χ0) is 7.56. The lowest BCUT2D eigenvalue weighted by Crippen LogP contribution is -2.33. The topological polar surface area (TPSA) is 18.5 Å². The van der Waals surface area contributed by atoms with E-state index < -0.39 is 0 Å². The number of hydrogen-bond donors (Lipinski definition) is 0. The van der Waals surface area contributed by atoms with E-state index in [1.165, 1.54) is 0 Å². The van der Waals surface area contributed by atoms with Gasteiger partial charge in [0.25, 0.3) is 0 Å². The highest BCUT2D eigenvalue weighted by atomic mass is 16.7. The van der Waals surface area contributed by atoms with E-state index in [9.17, 15) is 0 Å². The molecule has 3 unspecified atom stereocenters. The zero-order valence-electron chi connectivity index (χ0n) is 6.54. The van der Waals surface area contributed by atoms with Crippen LogP contribution in [0.25, 0.3) is 0 Å². The molecule has 3 atom stereocenters. The van der Waals surface area contributed by atoms with Gasteiger partial charge in [0.15, 0.2) is 6.29 Å². The Kier molecular flexibility index (Phi) is 2.46. The second-order valence-corrected chi connectivity index (χ2v) is 2.66. The molecule has 0 saturated carbocycles. The third-order valence-corrected chi connectivity index (χ3v) is 1.62. The summed E-state index contributed by atoms with van der Waals surface area (Å²) in [4.78, 5) is 0. The molecule has 1 saturated heterocycles. The second-order valence-electron chi connectivity index (χ2n) is 2.66. The van der Waals surface area contributed by atoms with Crippen molar-refractivity contribution in [2.45, 2.75) is 38.8 Å². The Hall–Kier alpha value is -0.340. The van der Waals surface area contributed by atoms with Gasteiger partial charge in [-0.3, -0.25) is 0 Å². The summed E-state index contributed by atoms with van der Waals surface area (Å²) < 4.78 is 10.7. The van der Waals surface area contributed by atoms with Gasteiger partial charge in [-0.15, -0.1) is 6.58 Å². The molecule has 1 aliphatic heterocycles. The van der Waals surface area contributed by atoms with E-state index in [0.717, 1.165) is 6.42 Å². The van der Waals surface area contributed by atoms with E-state index in [-0.39, 0.29) is 12.4 Å². The van der Waals surface area contributed by atoms with Gasteiger partial charge in [0.05, 0.1) is 12.2 Å². The van der Waals surface area contributed by atoms with Crippen LogP contribution in [-0.4, -0.2) is 18.5 Å². The summed E-state index contributed by atoms with van der Waals surface area (Å²) in [6, 6.07) is 0. The maximum atomic E-state index is 5.37. The lowest BCUT2D eigenvalue weighted by molar-refractivity contribution is -0.217. The Morgan fingerprint density at radius 2 is 2.10 bits per heavy atom. The molecule has 1 rings (SSSR count). The second kappa shape index (κ2) is 3.17. The van der Waals surface area contributed by atoms with Crippen molar-refractivity contribution in [3.63, 3.8) is 0 Å². The van der Waals surface area contributed by atoms with E-state index in [2.05, 4.69) is 13.5 Å². The van der Waals surface area contributed by atoms with Crippen LogP contribution in [0.2, 0.25) is 0 Å². The Morgan fingerprint density at radius 3 is 2.60 bits per heavy atom. The first-order chi connectivity index (χ1) is 4.72. The smallest absolute Gasteiger partial charge is 0.155 e. The first-order valence-electron chi connectivity index (χ1n) is 3.66. The third kappa shape index (κ3) is 1.82.